The van der Waals surface area contributed by atoms with E-state index in [1.54, 1.807) is 22.7 Å². The molecular weight excluding hydrogens is 537 g/mol. The minimum atomic E-state index is -0.362. The molecule has 1 saturated carbocycles. The Kier molecular flexibility index (Phi) is 7.57. The van der Waals surface area contributed by atoms with E-state index in [4.69, 9.17) is 43.4 Å². The Morgan fingerprint density at radius 1 is 1.16 bits per heavy atom. The van der Waals surface area contributed by atoms with Crippen molar-refractivity contribution in [3.05, 3.63) is 44.5 Å². The normalized spacial score (nSPS) is 19.5. The first-order chi connectivity index (χ1) is 17.9. The van der Waals surface area contributed by atoms with Crippen LogP contribution in [0.2, 0.25) is 10.0 Å². The fourth-order valence-corrected chi connectivity index (χ4v) is 5.95. The molecule has 1 aromatic carbocycles. The average molecular weight is 564 g/mol. The van der Waals surface area contributed by atoms with Crippen molar-refractivity contribution in [2.24, 2.45) is 5.73 Å². The minimum absolute atomic E-state index is 0.0314. The van der Waals surface area contributed by atoms with Gasteiger partial charge in [0.2, 0.25) is 5.95 Å². The van der Waals surface area contributed by atoms with Crippen LogP contribution in [0, 0.1) is 0 Å². The molecule has 196 valence electrons. The number of amides is 2. The number of nitrogens with two attached hydrogens (primary N) is 1. The number of fused-ring (bicyclic) bond motifs is 1. The number of hydrogen-bond acceptors (Lipinski definition) is 9. The van der Waals surface area contributed by atoms with Gasteiger partial charge in [-0.2, -0.15) is 4.98 Å². The van der Waals surface area contributed by atoms with E-state index in [9.17, 15) is 4.79 Å². The van der Waals surface area contributed by atoms with Gasteiger partial charge in [-0.05, 0) is 12.8 Å². The number of urea groups is 1. The number of nitrogens with zero attached hydrogens (tertiary/aromatic N) is 5. The van der Waals surface area contributed by atoms with Crippen LogP contribution in [0.3, 0.4) is 0 Å². The van der Waals surface area contributed by atoms with Crippen LogP contribution in [0.5, 0.6) is 11.5 Å². The summed E-state index contributed by atoms with van der Waals surface area (Å²) in [4.78, 5) is 30.7. The predicted molar refractivity (Wildman–Crippen MR) is 145 cm³/mol. The largest absolute Gasteiger partial charge is 0.495 e. The van der Waals surface area contributed by atoms with E-state index >= 15 is 0 Å². The predicted octanol–water partition coefficient (Wildman–Crippen LogP) is 5.09. The molecule has 0 spiro atoms. The fourth-order valence-electron chi connectivity index (χ4n) is 4.70. The number of aromatic nitrogens is 3. The molecule has 13 heteroatoms. The zero-order valence-corrected chi connectivity index (χ0v) is 22.7. The molecule has 1 fully saturated rings. The van der Waals surface area contributed by atoms with Gasteiger partial charge in [-0.3, -0.25) is 9.80 Å². The molecule has 3 heterocycles. The number of carbonyl (C=O) groups is 1. The second-order valence-electron chi connectivity index (χ2n) is 8.93. The van der Waals surface area contributed by atoms with Gasteiger partial charge >= 0.3 is 6.03 Å². The van der Waals surface area contributed by atoms with Crippen LogP contribution in [0.1, 0.15) is 36.9 Å². The first-order valence-corrected chi connectivity index (χ1v) is 13.5. The van der Waals surface area contributed by atoms with E-state index in [1.807, 2.05) is 5.38 Å². The van der Waals surface area contributed by atoms with Crippen LogP contribution in [-0.4, -0.2) is 47.3 Å². The number of halogens is 2. The Morgan fingerprint density at radius 2 is 1.89 bits per heavy atom. The Bertz CT molecular complexity index is 1270. The molecular formula is C24H27Cl2N7O3S. The maximum Gasteiger partial charge on any atom is 0.330 e. The third-order valence-electron chi connectivity index (χ3n) is 6.65. The lowest BCUT2D eigenvalue weighted by molar-refractivity contribution is 0.249. The summed E-state index contributed by atoms with van der Waals surface area (Å²) in [6, 6.07) is 1.33. The van der Waals surface area contributed by atoms with Crippen LogP contribution in [0.4, 0.5) is 22.2 Å². The summed E-state index contributed by atoms with van der Waals surface area (Å²) in [5.41, 5.74) is 9.78. The van der Waals surface area contributed by atoms with Crippen molar-refractivity contribution < 1.29 is 14.3 Å². The summed E-state index contributed by atoms with van der Waals surface area (Å²) in [7, 11) is 2.97. The highest BCUT2D eigenvalue weighted by Gasteiger charge is 2.37. The number of anilines is 3. The molecule has 1 aliphatic heterocycles. The highest BCUT2D eigenvalue weighted by Crippen LogP contribution is 2.48. The van der Waals surface area contributed by atoms with Gasteiger partial charge in [-0.15, -0.1) is 11.3 Å². The number of rotatable bonds is 7. The van der Waals surface area contributed by atoms with Crippen molar-refractivity contribution in [1.82, 2.24) is 15.0 Å². The molecule has 0 saturated heterocycles. The Labute approximate surface area is 228 Å². The molecule has 5 rings (SSSR count). The summed E-state index contributed by atoms with van der Waals surface area (Å²) < 4.78 is 10.8. The zero-order valence-electron chi connectivity index (χ0n) is 20.4. The average Bonchev–Trinajstić information content (AvgIpc) is 3.41. The minimum Gasteiger partial charge on any atom is -0.495 e. The zero-order chi connectivity index (χ0) is 26.1. The molecule has 0 radical (unpaired) electrons. The van der Waals surface area contributed by atoms with Gasteiger partial charge < -0.3 is 20.5 Å². The maximum absolute atomic E-state index is 14.0. The third kappa shape index (κ3) is 5.00. The summed E-state index contributed by atoms with van der Waals surface area (Å²) in [5.74, 6) is 1.60. The van der Waals surface area contributed by atoms with Gasteiger partial charge in [0.1, 0.15) is 27.4 Å². The van der Waals surface area contributed by atoms with E-state index in [0.29, 0.717) is 23.3 Å². The Balaban J connectivity index is 1.56. The first-order valence-electron chi connectivity index (χ1n) is 11.8. The smallest absolute Gasteiger partial charge is 0.330 e. The SMILES string of the molecule is COc1cc(OC)c(Cl)c(N2Cc3cnc(NC4CCCCC4N)nc3N(Cc3cscn3)C2=O)c1Cl. The van der Waals surface area contributed by atoms with Crippen LogP contribution in [0.15, 0.2) is 23.2 Å². The maximum atomic E-state index is 14.0. The molecule has 2 atom stereocenters. The number of benzene rings is 1. The first kappa shape index (κ1) is 25.8. The van der Waals surface area contributed by atoms with Crippen LogP contribution in [-0.2, 0) is 13.1 Å². The van der Waals surface area contributed by atoms with Gasteiger partial charge in [-0.25, -0.2) is 14.8 Å². The summed E-state index contributed by atoms with van der Waals surface area (Å²) in [5, 5.41) is 5.67. The number of methoxy groups -OCH3 is 2. The standard InChI is InChI=1S/C24H27Cl2N7O3S/c1-35-17-7-18(36-2)20(26)21(19(17)25)32-9-13-8-28-23(30-16-6-4-3-5-15(16)27)31-22(13)33(24(32)34)10-14-11-37-12-29-14/h7-8,11-12,15-16H,3-6,9-10,27H2,1-2H3,(H,28,30,31). The lowest BCUT2D eigenvalue weighted by Crippen LogP contribution is -2.48. The molecule has 2 unspecified atom stereocenters. The van der Waals surface area contributed by atoms with Crippen molar-refractivity contribution in [3.8, 4) is 11.5 Å². The van der Waals surface area contributed by atoms with E-state index in [2.05, 4.69) is 15.3 Å². The Morgan fingerprint density at radius 3 is 2.54 bits per heavy atom. The molecule has 10 nitrogen and oxygen atoms in total. The van der Waals surface area contributed by atoms with Gasteiger partial charge in [0, 0.05) is 35.3 Å². The van der Waals surface area contributed by atoms with E-state index in [-0.39, 0.29) is 46.9 Å². The van der Waals surface area contributed by atoms with E-state index in [1.165, 1.54) is 30.5 Å². The van der Waals surface area contributed by atoms with Crippen molar-refractivity contribution in [2.45, 2.75) is 50.9 Å². The summed E-state index contributed by atoms with van der Waals surface area (Å²) in [6.07, 6.45) is 5.84. The highest BCUT2D eigenvalue weighted by atomic mass is 35.5. The second-order valence-corrected chi connectivity index (χ2v) is 10.4. The highest BCUT2D eigenvalue weighted by molar-refractivity contribution is 7.07. The molecule has 0 bridgehead atoms. The van der Waals surface area contributed by atoms with Crippen molar-refractivity contribution in [2.75, 3.05) is 29.3 Å². The monoisotopic (exact) mass is 563 g/mol. The molecule has 3 N–H and O–H groups in total. The van der Waals surface area contributed by atoms with Gasteiger partial charge in [-0.1, -0.05) is 36.0 Å². The summed E-state index contributed by atoms with van der Waals surface area (Å²) >= 11 is 14.8. The van der Waals surface area contributed by atoms with Crippen LogP contribution >= 0.6 is 34.5 Å². The third-order valence-corrected chi connectivity index (χ3v) is 8.01. The molecule has 1 aliphatic carbocycles. The van der Waals surface area contributed by atoms with Gasteiger partial charge in [0.25, 0.3) is 0 Å². The molecule has 3 aromatic rings. The molecule has 2 aromatic heterocycles. The molecule has 37 heavy (non-hydrogen) atoms. The number of hydrogen-bond donors (Lipinski definition) is 2. The van der Waals surface area contributed by atoms with Crippen molar-refractivity contribution >= 4 is 58.0 Å². The summed E-state index contributed by atoms with van der Waals surface area (Å²) in [6.45, 7) is 0.363. The molecule has 2 aliphatic rings. The van der Waals surface area contributed by atoms with Crippen molar-refractivity contribution in [3.63, 3.8) is 0 Å². The van der Waals surface area contributed by atoms with E-state index in [0.717, 1.165) is 36.9 Å². The van der Waals surface area contributed by atoms with E-state index < -0.39 is 0 Å². The fraction of sp³-hybridized carbons (Fsp3) is 0.417. The second kappa shape index (κ2) is 10.9. The number of ether oxygens (including phenoxy) is 2. The van der Waals surface area contributed by atoms with Crippen LogP contribution < -0.4 is 30.3 Å². The van der Waals surface area contributed by atoms with Gasteiger partial charge in [0.05, 0.1) is 44.2 Å². The number of thiazole rings is 1. The Hall–Kier alpha value is -2.86. The lowest BCUT2D eigenvalue weighted by atomic mass is 9.91. The number of nitrogens with one attached hydrogen (secondary N) is 1. The topological polar surface area (TPSA) is 119 Å². The van der Waals surface area contributed by atoms with Gasteiger partial charge in [0.15, 0.2) is 0 Å². The van der Waals surface area contributed by atoms with Crippen molar-refractivity contribution in [1.29, 1.82) is 0 Å². The quantitative estimate of drug-likeness (QED) is 0.408. The van der Waals surface area contributed by atoms with Crippen LogP contribution in [0.25, 0.3) is 0 Å². The molecule has 2 amide bonds. The number of carbonyl (C=O) groups excluding carboxylic acids is 1. The lowest BCUT2D eigenvalue weighted by Gasteiger charge is -2.37.